The highest BCUT2D eigenvalue weighted by Crippen LogP contribution is 2.13. The Labute approximate surface area is 86.5 Å². The van der Waals surface area contributed by atoms with E-state index >= 15 is 0 Å². The number of aryl methyl sites for hydroxylation is 1. The van der Waals surface area contributed by atoms with Gasteiger partial charge in [-0.1, -0.05) is 20.3 Å². The Hall–Kier alpha value is -0.760. The zero-order valence-corrected chi connectivity index (χ0v) is 9.20. The Bertz CT molecular complexity index is 230. The number of hydrogen-bond donors (Lipinski definition) is 1. The molecule has 0 aliphatic carbocycles. The summed E-state index contributed by atoms with van der Waals surface area (Å²) >= 11 is 0. The first-order chi connectivity index (χ1) is 6.72. The Morgan fingerprint density at radius 1 is 1.50 bits per heavy atom. The van der Waals surface area contributed by atoms with Crippen molar-refractivity contribution in [3.05, 3.63) is 24.2 Å². The van der Waals surface area contributed by atoms with E-state index in [1.165, 1.54) is 6.42 Å². The molecule has 1 aromatic rings. The first kappa shape index (κ1) is 11.3. The number of rotatable bonds is 6. The molecule has 2 nitrogen and oxygen atoms in total. The molecule has 0 saturated heterocycles. The number of hydrogen-bond acceptors (Lipinski definition) is 2. The fourth-order valence-electron chi connectivity index (χ4n) is 1.58. The van der Waals surface area contributed by atoms with Crippen molar-refractivity contribution in [2.24, 2.45) is 11.7 Å². The summed E-state index contributed by atoms with van der Waals surface area (Å²) in [6.07, 6.45) is 6.05. The second-order valence-electron chi connectivity index (χ2n) is 4.13. The molecule has 0 bridgehead atoms. The molecule has 0 aliphatic rings. The third kappa shape index (κ3) is 3.97. The van der Waals surface area contributed by atoms with Gasteiger partial charge in [-0.05, 0) is 30.9 Å². The van der Waals surface area contributed by atoms with E-state index in [0.717, 1.165) is 30.9 Å². The number of furan rings is 1. The van der Waals surface area contributed by atoms with Gasteiger partial charge in [-0.15, -0.1) is 0 Å². The van der Waals surface area contributed by atoms with E-state index in [0.29, 0.717) is 6.04 Å². The van der Waals surface area contributed by atoms with E-state index in [4.69, 9.17) is 10.2 Å². The molecule has 0 saturated carbocycles. The third-order valence-electron chi connectivity index (χ3n) is 2.74. The molecular formula is C12H21NO. The predicted molar refractivity (Wildman–Crippen MR) is 59.1 cm³/mol. The van der Waals surface area contributed by atoms with Crippen LogP contribution in [0.25, 0.3) is 0 Å². The van der Waals surface area contributed by atoms with Crippen LogP contribution in [0.15, 0.2) is 22.8 Å². The molecule has 1 heterocycles. The molecule has 0 aliphatic heterocycles. The van der Waals surface area contributed by atoms with Crippen molar-refractivity contribution in [1.82, 2.24) is 0 Å². The number of nitrogens with two attached hydrogens (primary N) is 1. The lowest BCUT2D eigenvalue weighted by Crippen LogP contribution is -2.23. The van der Waals surface area contributed by atoms with Crippen molar-refractivity contribution in [2.75, 3.05) is 0 Å². The van der Waals surface area contributed by atoms with Gasteiger partial charge in [0.2, 0.25) is 0 Å². The molecule has 1 rings (SSSR count). The Morgan fingerprint density at radius 2 is 2.29 bits per heavy atom. The molecule has 0 aromatic carbocycles. The molecule has 2 atom stereocenters. The van der Waals surface area contributed by atoms with E-state index in [-0.39, 0.29) is 0 Å². The monoisotopic (exact) mass is 195 g/mol. The quantitative estimate of drug-likeness (QED) is 0.758. The van der Waals surface area contributed by atoms with Crippen LogP contribution in [0.4, 0.5) is 0 Å². The Morgan fingerprint density at radius 3 is 2.86 bits per heavy atom. The van der Waals surface area contributed by atoms with E-state index in [1.807, 2.05) is 12.1 Å². The van der Waals surface area contributed by atoms with E-state index in [9.17, 15) is 0 Å². The van der Waals surface area contributed by atoms with Crippen molar-refractivity contribution in [2.45, 2.75) is 45.6 Å². The van der Waals surface area contributed by atoms with Crippen LogP contribution in [0.1, 0.15) is 38.9 Å². The molecular weight excluding hydrogens is 174 g/mol. The molecule has 0 radical (unpaired) electrons. The van der Waals surface area contributed by atoms with Crippen LogP contribution in [0.3, 0.4) is 0 Å². The lowest BCUT2D eigenvalue weighted by atomic mass is 9.97. The highest BCUT2D eigenvalue weighted by atomic mass is 16.3. The van der Waals surface area contributed by atoms with E-state index in [1.54, 1.807) is 6.26 Å². The van der Waals surface area contributed by atoms with Gasteiger partial charge >= 0.3 is 0 Å². The smallest absolute Gasteiger partial charge is 0.103 e. The minimum atomic E-state index is 0.315. The van der Waals surface area contributed by atoms with Gasteiger partial charge < -0.3 is 10.2 Å². The summed E-state index contributed by atoms with van der Waals surface area (Å²) in [4.78, 5) is 0. The minimum Gasteiger partial charge on any atom is -0.469 e. The largest absolute Gasteiger partial charge is 0.469 e. The van der Waals surface area contributed by atoms with Crippen LogP contribution in [0.5, 0.6) is 0 Å². The lowest BCUT2D eigenvalue weighted by Gasteiger charge is -2.14. The van der Waals surface area contributed by atoms with Crippen LogP contribution in [-0.2, 0) is 6.42 Å². The molecule has 80 valence electrons. The zero-order valence-electron chi connectivity index (χ0n) is 9.20. The normalized spacial score (nSPS) is 15.4. The van der Waals surface area contributed by atoms with Crippen molar-refractivity contribution in [3.8, 4) is 0 Å². The molecule has 2 unspecified atom stereocenters. The minimum absolute atomic E-state index is 0.315. The second kappa shape index (κ2) is 5.86. The van der Waals surface area contributed by atoms with Crippen LogP contribution >= 0.6 is 0 Å². The zero-order chi connectivity index (χ0) is 10.4. The topological polar surface area (TPSA) is 39.2 Å². The van der Waals surface area contributed by atoms with Gasteiger partial charge in [-0.3, -0.25) is 0 Å². The summed E-state index contributed by atoms with van der Waals surface area (Å²) in [6, 6.07) is 4.25. The summed E-state index contributed by atoms with van der Waals surface area (Å²) in [6.45, 7) is 4.47. The standard InChI is InChI=1S/C12H21NO/c1-3-10(2)9-11(13)6-7-12-5-4-8-14-12/h4-5,8,10-11H,3,6-7,9,13H2,1-2H3. The van der Waals surface area contributed by atoms with Gasteiger partial charge in [0.1, 0.15) is 5.76 Å². The Balaban J connectivity index is 2.18. The van der Waals surface area contributed by atoms with Crippen LogP contribution in [0.2, 0.25) is 0 Å². The fraction of sp³-hybridized carbons (Fsp3) is 0.667. The maximum absolute atomic E-state index is 6.03. The predicted octanol–water partition coefficient (Wildman–Crippen LogP) is 2.98. The van der Waals surface area contributed by atoms with Gasteiger partial charge in [0.05, 0.1) is 6.26 Å². The van der Waals surface area contributed by atoms with Gasteiger partial charge in [-0.2, -0.15) is 0 Å². The molecule has 2 heteroatoms. The van der Waals surface area contributed by atoms with Crippen LogP contribution in [-0.4, -0.2) is 6.04 Å². The lowest BCUT2D eigenvalue weighted by molar-refractivity contribution is 0.419. The average Bonchev–Trinajstić information content (AvgIpc) is 2.67. The molecule has 2 N–H and O–H groups in total. The van der Waals surface area contributed by atoms with Gasteiger partial charge in [-0.25, -0.2) is 0 Å². The van der Waals surface area contributed by atoms with Crippen molar-refractivity contribution in [3.63, 3.8) is 0 Å². The Kier molecular flexibility index (Phi) is 4.74. The second-order valence-corrected chi connectivity index (χ2v) is 4.13. The van der Waals surface area contributed by atoms with Crippen LogP contribution in [0, 0.1) is 5.92 Å². The van der Waals surface area contributed by atoms with Crippen molar-refractivity contribution in [1.29, 1.82) is 0 Å². The highest BCUT2D eigenvalue weighted by Gasteiger charge is 2.08. The molecule has 0 spiro atoms. The van der Waals surface area contributed by atoms with Crippen molar-refractivity contribution < 1.29 is 4.42 Å². The molecule has 0 amide bonds. The third-order valence-corrected chi connectivity index (χ3v) is 2.74. The van der Waals surface area contributed by atoms with E-state index < -0.39 is 0 Å². The highest BCUT2D eigenvalue weighted by molar-refractivity contribution is 4.98. The fourth-order valence-corrected chi connectivity index (χ4v) is 1.58. The maximum Gasteiger partial charge on any atom is 0.103 e. The van der Waals surface area contributed by atoms with Gasteiger partial charge in [0.25, 0.3) is 0 Å². The average molecular weight is 195 g/mol. The van der Waals surface area contributed by atoms with Crippen molar-refractivity contribution >= 4 is 0 Å². The maximum atomic E-state index is 6.03. The first-order valence-electron chi connectivity index (χ1n) is 5.50. The molecule has 0 fully saturated rings. The molecule has 14 heavy (non-hydrogen) atoms. The van der Waals surface area contributed by atoms with E-state index in [2.05, 4.69) is 13.8 Å². The SMILES string of the molecule is CCC(C)CC(N)CCc1ccco1. The summed E-state index contributed by atoms with van der Waals surface area (Å²) in [5.41, 5.74) is 6.03. The summed E-state index contributed by atoms with van der Waals surface area (Å²) in [5, 5.41) is 0. The first-order valence-corrected chi connectivity index (χ1v) is 5.50. The molecule has 1 aromatic heterocycles. The summed E-state index contributed by atoms with van der Waals surface area (Å²) < 4.78 is 5.26. The van der Waals surface area contributed by atoms with Crippen LogP contribution < -0.4 is 5.73 Å². The summed E-state index contributed by atoms with van der Waals surface area (Å²) in [7, 11) is 0. The van der Waals surface area contributed by atoms with Gasteiger partial charge in [0, 0.05) is 12.5 Å². The van der Waals surface area contributed by atoms with Gasteiger partial charge in [0.15, 0.2) is 0 Å². The summed E-state index contributed by atoms with van der Waals surface area (Å²) in [5.74, 6) is 1.78.